The van der Waals surface area contributed by atoms with Gasteiger partial charge in [0, 0.05) is 6.54 Å². The molecular weight excluding hydrogens is 281 g/mol. The van der Waals surface area contributed by atoms with Crippen molar-refractivity contribution in [3.05, 3.63) is 30.1 Å². The molecule has 1 saturated heterocycles. The van der Waals surface area contributed by atoms with E-state index in [1.807, 2.05) is 0 Å². The molecule has 1 amide bonds. The fraction of sp³-hybridized carbons (Fsp3) is 0.429. The highest BCUT2D eigenvalue weighted by Gasteiger charge is 2.32. The number of nitrogens with zero attached hydrogens (tertiary/aromatic N) is 1. The van der Waals surface area contributed by atoms with Gasteiger partial charge in [0.05, 0.1) is 26.2 Å². The largest absolute Gasteiger partial charge is 0.490 e. The third-order valence-electron chi connectivity index (χ3n) is 3.14. The highest BCUT2D eigenvalue weighted by molar-refractivity contribution is 5.84. The molecule has 1 N–H and O–H groups in total. The van der Waals surface area contributed by atoms with Crippen LogP contribution in [-0.2, 0) is 14.3 Å². The Morgan fingerprint density at radius 3 is 2.90 bits per heavy atom. The zero-order valence-corrected chi connectivity index (χ0v) is 11.3. The molecule has 7 heteroatoms. The summed E-state index contributed by atoms with van der Waals surface area (Å²) in [5, 5.41) is 9.04. The Bertz CT molecular complexity index is 522. The Hall–Kier alpha value is -2.15. The number of ether oxygens (including phenoxy) is 2. The molecule has 0 bridgehead atoms. The third-order valence-corrected chi connectivity index (χ3v) is 3.14. The van der Waals surface area contributed by atoms with E-state index in [1.54, 1.807) is 12.1 Å². The molecule has 1 fully saturated rings. The van der Waals surface area contributed by atoms with Crippen LogP contribution in [0.3, 0.4) is 0 Å². The second-order valence-corrected chi connectivity index (χ2v) is 4.54. The van der Waals surface area contributed by atoms with Crippen LogP contribution in [0.1, 0.15) is 6.42 Å². The van der Waals surface area contributed by atoms with Crippen molar-refractivity contribution in [1.29, 1.82) is 0 Å². The van der Waals surface area contributed by atoms with Crippen LogP contribution >= 0.6 is 0 Å². The van der Waals surface area contributed by atoms with Crippen molar-refractivity contribution >= 4 is 11.9 Å². The van der Waals surface area contributed by atoms with Gasteiger partial charge in [0.1, 0.15) is 0 Å². The fourth-order valence-electron chi connectivity index (χ4n) is 2.06. The Morgan fingerprint density at radius 2 is 2.19 bits per heavy atom. The van der Waals surface area contributed by atoms with Crippen molar-refractivity contribution in [3.63, 3.8) is 0 Å². The number of hydrogen-bond acceptors (Lipinski definition) is 4. The lowest BCUT2D eigenvalue weighted by molar-refractivity contribution is -0.158. The summed E-state index contributed by atoms with van der Waals surface area (Å²) in [6, 6.07) is 4.93. The van der Waals surface area contributed by atoms with Gasteiger partial charge in [0.25, 0.3) is 0 Å². The van der Waals surface area contributed by atoms with Crippen molar-refractivity contribution in [3.8, 4) is 5.75 Å². The van der Waals surface area contributed by atoms with Gasteiger partial charge < -0.3 is 19.5 Å². The van der Waals surface area contributed by atoms with E-state index in [-0.39, 0.29) is 37.8 Å². The first-order valence-electron chi connectivity index (χ1n) is 6.57. The summed E-state index contributed by atoms with van der Waals surface area (Å²) < 4.78 is 23.6. The fourth-order valence-corrected chi connectivity index (χ4v) is 2.06. The van der Waals surface area contributed by atoms with Crippen molar-refractivity contribution < 1.29 is 28.6 Å². The smallest absolute Gasteiger partial charge is 0.328 e. The van der Waals surface area contributed by atoms with Gasteiger partial charge in [0.2, 0.25) is 5.91 Å². The van der Waals surface area contributed by atoms with Crippen LogP contribution in [0, 0.1) is 5.82 Å². The van der Waals surface area contributed by atoms with Crippen molar-refractivity contribution in [2.75, 3.05) is 26.4 Å². The number of carbonyl (C=O) groups excluding carboxylic acids is 1. The average Bonchev–Trinajstić information content (AvgIpc) is 2.49. The summed E-state index contributed by atoms with van der Waals surface area (Å²) in [7, 11) is 0. The number of hydrogen-bond donors (Lipinski definition) is 1. The Balaban J connectivity index is 1.86. The molecule has 1 aliphatic rings. The van der Waals surface area contributed by atoms with Gasteiger partial charge in [-0.3, -0.25) is 4.79 Å². The van der Waals surface area contributed by atoms with Gasteiger partial charge in [-0.2, -0.15) is 0 Å². The van der Waals surface area contributed by atoms with Gasteiger partial charge in [-0.05, 0) is 12.1 Å². The number of halogens is 1. The molecule has 1 aromatic carbocycles. The first-order valence-corrected chi connectivity index (χ1v) is 6.57. The van der Waals surface area contributed by atoms with E-state index in [0.717, 1.165) is 0 Å². The van der Waals surface area contributed by atoms with Gasteiger partial charge in [0.15, 0.2) is 17.6 Å². The van der Waals surface area contributed by atoms with Crippen molar-refractivity contribution in [2.45, 2.75) is 12.5 Å². The van der Waals surface area contributed by atoms with Crippen molar-refractivity contribution in [2.24, 2.45) is 0 Å². The van der Waals surface area contributed by atoms with E-state index < -0.39 is 17.8 Å². The summed E-state index contributed by atoms with van der Waals surface area (Å²) in [6.07, 6.45) is -0.0158. The summed E-state index contributed by atoms with van der Waals surface area (Å²) >= 11 is 0. The summed E-state index contributed by atoms with van der Waals surface area (Å²) in [5.74, 6) is -1.87. The lowest BCUT2D eigenvalue weighted by Gasteiger charge is -2.32. The van der Waals surface area contributed by atoms with Crippen LogP contribution < -0.4 is 4.74 Å². The van der Waals surface area contributed by atoms with Crippen LogP contribution in [0.2, 0.25) is 0 Å². The molecule has 6 nitrogen and oxygen atoms in total. The first kappa shape index (κ1) is 15.2. The predicted molar refractivity (Wildman–Crippen MR) is 70.5 cm³/mol. The first-order chi connectivity index (χ1) is 10.1. The monoisotopic (exact) mass is 297 g/mol. The zero-order chi connectivity index (χ0) is 15.2. The molecule has 0 radical (unpaired) electrons. The molecular formula is C14H16FNO5. The highest BCUT2D eigenvalue weighted by atomic mass is 19.1. The lowest BCUT2D eigenvalue weighted by atomic mass is 10.2. The van der Waals surface area contributed by atoms with E-state index in [9.17, 15) is 14.0 Å². The summed E-state index contributed by atoms with van der Waals surface area (Å²) in [6.45, 7) is 0.512. The normalized spacial score (nSPS) is 18.3. The van der Waals surface area contributed by atoms with Crippen LogP contribution in [0.15, 0.2) is 24.3 Å². The van der Waals surface area contributed by atoms with Crippen LogP contribution in [0.25, 0.3) is 0 Å². The van der Waals surface area contributed by atoms with Crippen molar-refractivity contribution in [1.82, 2.24) is 4.90 Å². The third kappa shape index (κ3) is 3.91. The maximum absolute atomic E-state index is 13.3. The number of benzene rings is 1. The highest BCUT2D eigenvalue weighted by Crippen LogP contribution is 2.16. The minimum absolute atomic E-state index is 0.0105. The standard InChI is InChI=1S/C14H16FNO5/c15-10-3-1-2-4-12(10)21-7-5-13(17)16-6-8-20-9-11(16)14(18)19/h1-4,11H,5-9H2,(H,18,19). The van der Waals surface area contributed by atoms with Gasteiger partial charge in [-0.1, -0.05) is 12.1 Å². The molecule has 114 valence electrons. The number of rotatable bonds is 5. The maximum Gasteiger partial charge on any atom is 0.328 e. The molecule has 1 heterocycles. The Kier molecular flexibility index (Phi) is 5.10. The van der Waals surface area contributed by atoms with Crippen LogP contribution in [-0.4, -0.2) is 54.3 Å². The summed E-state index contributed by atoms with van der Waals surface area (Å²) in [4.78, 5) is 24.3. The minimum atomic E-state index is -1.10. The van der Waals surface area contributed by atoms with E-state index in [4.69, 9.17) is 14.6 Å². The molecule has 21 heavy (non-hydrogen) atoms. The number of aliphatic carboxylic acids is 1. The lowest BCUT2D eigenvalue weighted by Crippen LogP contribution is -2.52. The van der Waals surface area contributed by atoms with Crippen LogP contribution in [0.5, 0.6) is 5.75 Å². The molecule has 1 aromatic rings. The number of morpholine rings is 1. The van der Waals surface area contributed by atoms with Crippen LogP contribution in [0.4, 0.5) is 4.39 Å². The topological polar surface area (TPSA) is 76.1 Å². The maximum atomic E-state index is 13.3. The number of carboxylic acid groups (broad SMARTS) is 1. The van der Waals surface area contributed by atoms with Gasteiger partial charge in [-0.25, -0.2) is 9.18 Å². The second kappa shape index (κ2) is 7.03. The Labute approximate surface area is 121 Å². The molecule has 0 saturated carbocycles. The van der Waals surface area contributed by atoms with Gasteiger partial charge >= 0.3 is 5.97 Å². The molecule has 0 aliphatic carbocycles. The SMILES string of the molecule is O=C(O)C1COCCN1C(=O)CCOc1ccccc1F. The minimum Gasteiger partial charge on any atom is -0.490 e. The molecule has 1 aliphatic heterocycles. The quantitative estimate of drug-likeness (QED) is 0.874. The average molecular weight is 297 g/mol. The van der Waals surface area contributed by atoms with E-state index >= 15 is 0 Å². The van der Waals surface area contributed by atoms with E-state index in [0.29, 0.717) is 6.61 Å². The number of carbonyl (C=O) groups is 2. The van der Waals surface area contributed by atoms with E-state index in [1.165, 1.54) is 17.0 Å². The second-order valence-electron chi connectivity index (χ2n) is 4.54. The molecule has 0 aromatic heterocycles. The van der Waals surface area contributed by atoms with E-state index in [2.05, 4.69) is 0 Å². The molecule has 1 atom stereocenters. The number of amides is 1. The summed E-state index contributed by atoms with van der Waals surface area (Å²) in [5.41, 5.74) is 0. The molecule has 0 spiro atoms. The zero-order valence-electron chi connectivity index (χ0n) is 11.3. The molecule has 1 unspecified atom stereocenters. The number of carboxylic acids is 1. The Morgan fingerprint density at radius 1 is 1.43 bits per heavy atom. The number of para-hydroxylation sites is 1. The van der Waals surface area contributed by atoms with Gasteiger partial charge in [-0.15, -0.1) is 0 Å². The molecule has 2 rings (SSSR count). The predicted octanol–water partition coefficient (Wildman–Crippen LogP) is 0.907.